The van der Waals surface area contributed by atoms with E-state index in [0.717, 1.165) is 38.7 Å². The van der Waals surface area contributed by atoms with E-state index in [4.69, 9.17) is 4.74 Å². The molecule has 27 heavy (non-hydrogen) atoms. The van der Waals surface area contributed by atoms with Crippen LogP contribution in [0.3, 0.4) is 0 Å². The van der Waals surface area contributed by atoms with Crippen molar-refractivity contribution in [2.24, 2.45) is 5.92 Å². The molecule has 2 N–H and O–H groups in total. The summed E-state index contributed by atoms with van der Waals surface area (Å²) in [5, 5.41) is 5.69. The number of ether oxygens (including phenoxy) is 1. The van der Waals surface area contributed by atoms with Crippen molar-refractivity contribution in [3.63, 3.8) is 0 Å². The van der Waals surface area contributed by atoms with E-state index in [9.17, 15) is 14.0 Å². The van der Waals surface area contributed by atoms with Crippen molar-refractivity contribution in [3.05, 3.63) is 30.1 Å². The number of carbonyl (C=O) groups is 2. The first-order valence-electron chi connectivity index (χ1n) is 9.80. The summed E-state index contributed by atoms with van der Waals surface area (Å²) >= 11 is 0. The summed E-state index contributed by atoms with van der Waals surface area (Å²) in [5.74, 6) is -0.0179. The van der Waals surface area contributed by atoms with E-state index in [1.54, 1.807) is 17.0 Å². The van der Waals surface area contributed by atoms with Gasteiger partial charge in [-0.15, -0.1) is 0 Å². The molecular formula is C20H28FN3O3. The summed E-state index contributed by atoms with van der Waals surface area (Å²) in [4.78, 5) is 26.2. The van der Waals surface area contributed by atoms with Gasteiger partial charge in [-0.3, -0.25) is 4.79 Å². The minimum absolute atomic E-state index is 0.0480. The third-order valence-corrected chi connectivity index (χ3v) is 5.21. The monoisotopic (exact) mass is 377 g/mol. The number of benzene rings is 1. The van der Waals surface area contributed by atoms with Gasteiger partial charge in [-0.1, -0.05) is 6.07 Å². The lowest BCUT2D eigenvalue weighted by atomic mass is 9.93. The Morgan fingerprint density at radius 1 is 1.26 bits per heavy atom. The molecule has 0 aliphatic carbocycles. The van der Waals surface area contributed by atoms with E-state index in [2.05, 4.69) is 10.6 Å². The number of likely N-dealkylation sites (tertiary alicyclic amines) is 1. The van der Waals surface area contributed by atoms with E-state index >= 15 is 0 Å². The maximum atomic E-state index is 13.2. The summed E-state index contributed by atoms with van der Waals surface area (Å²) in [6, 6.07) is 5.67. The Bertz CT molecular complexity index is 649. The second-order valence-electron chi connectivity index (χ2n) is 7.37. The number of nitrogens with one attached hydrogen (secondary N) is 2. The van der Waals surface area contributed by atoms with Gasteiger partial charge in [-0.05, 0) is 56.2 Å². The molecule has 0 radical (unpaired) electrons. The first-order chi connectivity index (χ1) is 13.1. The van der Waals surface area contributed by atoms with Crippen molar-refractivity contribution in [2.75, 3.05) is 31.6 Å². The normalized spacial score (nSPS) is 22.5. The van der Waals surface area contributed by atoms with Gasteiger partial charge in [0.15, 0.2) is 0 Å². The molecule has 2 aliphatic heterocycles. The number of hydrogen-bond donors (Lipinski definition) is 2. The molecule has 2 heterocycles. The molecule has 0 unspecified atom stereocenters. The zero-order valence-electron chi connectivity index (χ0n) is 15.6. The number of halogens is 1. The quantitative estimate of drug-likeness (QED) is 0.800. The van der Waals surface area contributed by atoms with Gasteiger partial charge in [-0.25, -0.2) is 9.18 Å². The number of carbonyl (C=O) groups excluding carboxylic acids is 2. The van der Waals surface area contributed by atoms with Crippen LogP contribution in [-0.4, -0.2) is 49.2 Å². The lowest BCUT2D eigenvalue weighted by Gasteiger charge is -2.32. The highest BCUT2D eigenvalue weighted by Crippen LogP contribution is 2.22. The van der Waals surface area contributed by atoms with Gasteiger partial charge in [0, 0.05) is 38.3 Å². The molecule has 2 fully saturated rings. The van der Waals surface area contributed by atoms with Crippen molar-refractivity contribution in [2.45, 2.75) is 44.6 Å². The molecule has 6 nitrogen and oxygen atoms in total. The standard InChI is InChI=1S/C20H28FN3O3/c21-16-5-1-6-17(12-16)23-20(26)24-10-2-4-15(14-24)8-9-19(25)22-13-18-7-3-11-27-18/h1,5-6,12,15,18H,2-4,7-11,13-14H2,(H,22,25)(H,23,26)/t15-,18-/m0/s1. The fourth-order valence-corrected chi connectivity index (χ4v) is 3.71. The van der Waals surface area contributed by atoms with Crippen LogP contribution in [-0.2, 0) is 9.53 Å². The molecule has 0 saturated carbocycles. The Balaban J connectivity index is 1.39. The highest BCUT2D eigenvalue weighted by Gasteiger charge is 2.24. The Labute approximate surface area is 159 Å². The number of nitrogens with zero attached hydrogens (tertiary/aromatic N) is 1. The van der Waals surface area contributed by atoms with E-state index < -0.39 is 0 Å². The Hall–Kier alpha value is -2.15. The maximum Gasteiger partial charge on any atom is 0.321 e. The average molecular weight is 377 g/mol. The molecule has 0 bridgehead atoms. The molecule has 0 spiro atoms. The minimum Gasteiger partial charge on any atom is -0.376 e. The van der Waals surface area contributed by atoms with Crippen molar-refractivity contribution in [3.8, 4) is 0 Å². The summed E-state index contributed by atoms with van der Waals surface area (Å²) in [6.45, 7) is 2.69. The largest absolute Gasteiger partial charge is 0.376 e. The number of amides is 3. The van der Waals surface area contributed by atoms with E-state index in [-0.39, 0.29) is 23.9 Å². The fourth-order valence-electron chi connectivity index (χ4n) is 3.71. The number of hydrogen-bond acceptors (Lipinski definition) is 3. The first-order valence-corrected chi connectivity index (χ1v) is 9.80. The van der Waals surface area contributed by atoms with E-state index in [1.165, 1.54) is 12.1 Å². The van der Waals surface area contributed by atoms with Crippen LogP contribution >= 0.6 is 0 Å². The van der Waals surface area contributed by atoms with Crippen LogP contribution in [0, 0.1) is 11.7 Å². The third-order valence-electron chi connectivity index (χ3n) is 5.21. The highest BCUT2D eigenvalue weighted by atomic mass is 19.1. The molecule has 3 rings (SSSR count). The van der Waals surface area contributed by atoms with Crippen molar-refractivity contribution < 1.29 is 18.7 Å². The van der Waals surface area contributed by atoms with Crippen LogP contribution in [0.1, 0.15) is 38.5 Å². The predicted molar refractivity (Wildman–Crippen MR) is 101 cm³/mol. The SMILES string of the molecule is O=C(CC[C@@H]1CCCN(C(=O)Nc2cccc(F)c2)C1)NC[C@@H]1CCCO1. The number of urea groups is 1. The predicted octanol–water partition coefficient (Wildman–Crippen LogP) is 3.15. The molecule has 2 aliphatic rings. The molecular weight excluding hydrogens is 349 g/mol. The van der Waals surface area contributed by atoms with Crippen LogP contribution < -0.4 is 10.6 Å². The van der Waals surface area contributed by atoms with Crippen LogP contribution in [0.2, 0.25) is 0 Å². The highest BCUT2D eigenvalue weighted by molar-refractivity contribution is 5.89. The van der Waals surface area contributed by atoms with Gasteiger partial charge in [0.2, 0.25) is 5.91 Å². The molecule has 7 heteroatoms. The van der Waals surface area contributed by atoms with Crippen LogP contribution in [0.25, 0.3) is 0 Å². The van der Waals surface area contributed by atoms with Crippen molar-refractivity contribution >= 4 is 17.6 Å². The molecule has 3 amide bonds. The lowest BCUT2D eigenvalue weighted by Crippen LogP contribution is -2.42. The minimum atomic E-state index is -0.377. The molecule has 1 aromatic rings. The van der Waals surface area contributed by atoms with Gasteiger partial charge in [0.05, 0.1) is 6.10 Å². The van der Waals surface area contributed by atoms with Crippen LogP contribution in [0.4, 0.5) is 14.9 Å². The third kappa shape index (κ3) is 6.20. The summed E-state index contributed by atoms with van der Waals surface area (Å²) in [5.41, 5.74) is 0.454. The molecule has 2 saturated heterocycles. The van der Waals surface area contributed by atoms with Gasteiger partial charge in [0.25, 0.3) is 0 Å². The van der Waals surface area contributed by atoms with E-state index in [0.29, 0.717) is 37.7 Å². The molecule has 1 aromatic carbocycles. The topological polar surface area (TPSA) is 70.7 Å². The van der Waals surface area contributed by atoms with Crippen molar-refractivity contribution in [1.82, 2.24) is 10.2 Å². The van der Waals surface area contributed by atoms with Gasteiger partial charge in [-0.2, -0.15) is 0 Å². The molecule has 148 valence electrons. The average Bonchev–Trinajstić information content (AvgIpc) is 3.18. The van der Waals surface area contributed by atoms with Crippen LogP contribution in [0.5, 0.6) is 0 Å². The smallest absolute Gasteiger partial charge is 0.321 e. The second-order valence-corrected chi connectivity index (χ2v) is 7.37. The summed E-state index contributed by atoms with van der Waals surface area (Å²) < 4.78 is 18.8. The first kappa shape index (κ1) is 19.6. The Kier molecular flexibility index (Phi) is 7.04. The van der Waals surface area contributed by atoms with Gasteiger partial charge in [0.1, 0.15) is 5.82 Å². The van der Waals surface area contributed by atoms with Gasteiger partial charge < -0.3 is 20.3 Å². The maximum absolute atomic E-state index is 13.2. The molecule has 0 aromatic heterocycles. The number of piperidine rings is 1. The number of rotatable bonds is 6. The van der Waals surface area contributed by atoms with Crippen molar-refractivity contribution in [1.29, 1.82) is 0 Å². The van der Waals surface area contributed by atoms with Crippen LogP contribution in [0.15, 0.2) is 24.3 Å². The zero-order valence-corrected chi connectivity index (χ0v) is 15.6. The molecule has 2 atom stereocenters. The zero-order chi connectivity index (χ0) is 19.1. The lowest BCUT2D eigenvalue weighted by molar-refractivity contribution is -0.121. The summed E-state index contributed by atoms with van der Waals surface area (Å²) in [7, 11) is 0. The Morgan fingerprint density at radius 2 is 2.15 bits per heavy atom. The second kappa shape index (κ2) is 9.69. The fraction of sp³-hybridized carbons (Fsp3) is 0.600. The van der Waals surface area contributed by atoms with E-state index in [1.807, 2.05) is 0 Å². The van der Waals surface area contributed by atoms with Gasteiger partial charge >= 0.3 is 6.03 Å². The number of anilines is 1. The Morgan fingerprint density at radius 3 is 2.93 bits per heavy atom. The summed E-state index contributed by atoms with van der Waals surface area (Å²) in [6.07, 6.45) is 5.40.